The normalized spacial score (nSPS) is 16.7. The van der Waals surface area contributed by atoms with Crippen LogP contribution >= 0.6 is 11.8 Å². The minimum Gasteiger partial charge on any atom is -0.497 e. The van der Waals surface area contributed by atoms with Crippen molar-refractivity contribution in [1.29, 1.82) is 0 Å². The van der Waals surface area contributed by atoms with E-state index in [0.29, 0.717) is 16.6 Å². The second kappa shape index (κ2) is 8.71. The molecule has 0 atom stereocenters. The topological polar surface area (TPSA) is 68.2 Å². The van der Waals surface area contributed by atoms with Crippen molar-refractivity contribution in [3.05, 3.63) is 70.9 Å². The molecule has 1 saturated heterocycles. The van der Waals surface area contributed by atoms with Gasteiger partial charge >= 0.3 is 5.97 Å². The molecule has 0 bridgehead atoms. The van der Waals surface area contributed by atoms with Gasteiger partial charge in [0.15, 0.2) is 5.17 Å². The summed E-state index contributed by atoms with van der Waals surface area (Å²) in [5.41, 5.74) is 1.36. The van der Waals surface area contributed by atoms with Gasteiger partial charge < -0.3 is 9.47 Å². The smallest absolute Gasteiger partial charge is 0.331 e. The second-order valence-corrected chi connectivity index (χ2v) is 6.75. The molecule has 2 aromatic carbocycles. The zero-order valence-corrected chi connectivity index (χ0v) is 16.0. The number of esters is 1. The van der Waals surface area contributed by atoms with Crippen LogP contribution in [0.15, 0.2) is 64.5 Å². The zero-order valence-electron chi connectivity index (χ0n) is 15.2. The average molecular weight is 400 g/mol. The van der Waals surface area contributed by atoms with Gasteiger partial charge in [-0.3, -0.25) is 9.69 Å². The lowest BCUT2D eigenvalue weighted by Crippen LogP contribution is -2.28. The fourth-order valence-corrected chi connectivity index (χ4v) is 3.39. The summed E-state index contributed by atoms with van der Waals surface area (Å²) >= 11 is 1.06. The van der Waals surface area contributed by atoms with Gasteiger partial charge in [-0.1, -0.05) is 12.1 Å². The van der Waals surface area contributed by atoms with E-state index >= 15 is 0 Å². The van der Waals surface area contributed by atoms with Gasteiger partial charge in [0.25, 0.3) is 5.91 Å². The highest BCUT2D eigenvalue weighted by Crippen LogP contribution is 2.34. The minimum atomic E-state index is -0.622. The van der Waals surface area contributed by atoms with Crippen LogP contribution in [0.5, 0.6) is 5.75 Å². The molecule has 1 heterocycles. The van der Waals surface area contributed by atoms with E-state index in [1.54, 1.807) is 19.2 Å². The first-order valence-electron chi connectivity index (χ1n) is 8.26. The number of methoxy groups -OCH3 is 2. The number of aliphatic imine (C=N–C) groups is 1. The fourth-order valence-electron chi connectivity index (χ4n) is 2.44. The van der Waals surface area contributed by atoms with Gasteiger partial charge in [-0.05, 0) is 53.7 Å². The number of amides is 1. The summed E-state index contributed by atoms with van der Waals surface area (Å²) < 4.78 is 22.9. The van der Waals surface area contributed by atoms with E-state index in [9.17, 15) is 14.0 Å². The number of nitrogens with zero attached hydrogens (tertiary/aromatic N) is 2. The van der Waals surface area contributed by atoms with E-state index in [4.69, 9.17) is 4.74 Å². The summed E-state index contributed by atoms with van der Waals surface area (Å²) in [6.45, 7) is 0.258. The van der Waals surface area contributed by atoms with Crippen LogP contribution in [0.2, 0.25) is 0 Å². The molecular formula is C20H17FN2O4S. The van der Waals surface area contributed by atoms with Crippen LogP contribution in [0.1, 0.15) is 5.56 Å². The standard InChI is InChI=1S/C20H17FN2O4S/c1-26-16-9-3-13(4-10-16)12-23-19(25)17(11-18(24)27-2)28-20(23)22-15-7-5-14(21)6-8-15/h3-11H,12H2,1-2H3/b17-11+,22-20?. The van der Waals surface area contributed by atoms with E-state index in [2.05, 4.69) is 9.73 Å². The summed E-state index contributed by atoms with van der Waals surface area (Å²) in [7, 11) is 2.82. The Morgan fingerprint density at radius 1 is 1.14 bits per heavy atom. The molecule has 0 aromatic heterocycles. The Bertz CT molecular complexity index is 940. The molecule has 144 valence electrons. The maximum atomic E-state index is 13.1. The first kappa shape index (κ1) is 19.6. The van der Waals surface area contributed by atoms with E-state index in [1.807, 2.05) is 12.1 Å². The average Bonchev–Trinajstić information content (AvgIpc) is 2.99. The van der Waals surface area contributed by atoms with Gasteiger partial charge in [-0.2, -0.15) is 0 Å². The molecule has 0 radical (unpaired) electrons. The molecule has 1 fully saturated rings. The third-order valence-corrected chi connectivity index (χ3v) is 4.90. The fraction of sp³-hybridized carbons (Fsp3) is 0.150. The number of carbonyl (C=O) groups excluding carboxylic acids is 2. The number of amidine groups is 1. The summed E-state index contributed by atoms with van der Waals surface area (Å²) in [5.74, 6) is -0.645. The SMILES string of the molecule is COC(=O)/C=C1/SC(=Nc2ccc(F)cc2)N(Cc2ccc(OC)cc2)C1=O. The minimum absolute atomic E-state index is 0.209. The van der Waals surface area contributed by atoms with Gasteiger partial charge in [0, 0.05) is 6.08 Å². The number of hydrogen-bond donors (Lipinski definition) is 0. The molecule has 0 spiro atoms. The van der Waals surface area contributed by atoms with Crippen molar-refractivity contribution in [3.8, 4) is 5.75 Å². The molecule has 3 rings (SSSR count). The van der Waals surface area contributed by atoms with Gasteiger partial charge in [0.1, 0.15) is 11.6 Å². The Balaban J connectivity index is 1.93. The molecule has 0 N–H and O–H groups in total. The molecule has 6 nitrogen and oxygen atoms in total. The molecule has 0 saturated carbocycles. The van der Waals surface area contributed by atoms with E-state index in [0.717, 1.165) is 23.4 Å². The number of carbonyl (C=O) groups is 2. The van der Waals surface area contributed by atoms with Crippen molar-refractivity contribution in [1.82, 2.24) is 4.90 Å². The lowest BCUT2D eigenvalue weighted by atomic mass is 10.2. The van der Waals surface area contributed by atoms with Gasteiger partial charge in [0.2, 0.25) is 0 Å². The summed E-state index contributed by atoms with van der Waals surface area (Å²) in [4.78, 5) is 30.5. The van der Waals surface area contributed by atoms with E-state index in [-0.39, 0.29) is 23.2 Å². The van der Waals surface area contributed by atoms with Gasteiger partial charge in [0.05, 0.1) is 31.4 Å². The monoisotopic (exact) mass is 400 g/mol. The van der Waals surface area contributed by atoms with Crippen LogP contribution in [0.4, 0.5) is 10.1 Å². The molecule has 28 heavy (non-hydrogen) atoms. The quantitative estimate of drug-likeness (QED) is 0.566. The van der Waals surface area contributed by atoms with Crippen molar-refractivity contribution >= 4 is 34.5 Å². The highest BCUT2D eigenvalue weighted by Gasteiger charge is 2.34. The molecule has 8 heteroatoms. The summed E-state index contributed by atoms with van der Waals surface area (Å²) in [6.07, 6.45) is 1.14. The third kappa shape index (κ3) is 4.58. The van der Waals surface area contributed by atoms with E-state index < -0.39 is 5.97 Å². The largest absolute Gasteiger partial charge is 0.497 e. The molecule has 1 aliphatic rings. The molecule has 0 aliphatic carbocycles. The number of rotatable bonds is 5. The van der Waals surface area contributed by atoms with Crippen LogP contribution in [0, 0.1) is 5.82 Å². The number of halogens is 1. The Kier molecular flexibility index (Phi) is 6.10. The van der Waals surface area contributed by atoms with Crippen molar-refractivity contribution in [2.45, 2.75) is 6.54 Å². The predicted molar refractivity (Wildman–Crippen MR) is 105 cm³/mol. The first-order valence-corrected chi connectivity index (χ1v) is 9.08. The molecule has 1 aliphatic heterocycles. The lowest BCUT2D eigenvalue weighted by Gasteiger charge is -2.16. The van der Waals surface area contributed by atoms with Gasteiger partial charge in [-0.15, -0.1) is 0 Å². The number of benzene rings is 2. The van der Waals surface area contributed by atoms with Crippen molar-refractivity contribution in [2.24, 2.45) is 4.99 Å². The highest BCUT2D eigenvalue weighted by molar-refractivity contribution is 8.18. The maximum Gasteiger partial charge on any atom is 0.331 e. The molecule has 2 aromatic rings. The number of thioether (sulfide) groups is 1. The number of hydrogen-bond acceptors (Lipinski definition) is 6. The summed E-state index contributed by atoms with van der Waals surface area (Å²) in [5, 5.41) is 0.391. The number of ether oxygens (including phenoxy) is 2. The molecule has 0 unspecified atom stereocenters. The Morgan fingerprint density at radius 2 is 1.82 bits per heavy atom. The van der Waals surface area contributed by atoms with Crippen LogP contribution in [-0.2, 0) is 20.9 Å². The third-order valence-electron chi connectivity index (χ3n) is 3.89. The lowest BCUT2D eigenvalue weighted by molar-refractivity contribution is -0.135. The van der Waals surface area contributed by atoms with Crippen molar-refractivity contribution in [2.75, 3.05) is 14.2 Å². The van der Waals surface area contributed by atoms with E-state index in [1.165, 1.54) is 36.3 Å². The van der Waals surface area contributed by atoms with Crippen LogP contribution in [0.3, 0.4) is 0 Å². The Labute approximate surface area is 165 Å². The Morgan fingerprint density at radius 3 is 2.43 bits per heavy atom. The maximum absolute atomic E-state index is 13.1. The Hall–Kier alpha value is -3.13. The highest BCUT2D eigenvalue weighted by atomic mass is 32.2. The second-order valence-electron chi connectivity index (χ2n) is 5.74. The summed E-state index contributed by atoms with van der Waals surface area (Å²) in [6, 6.07) is 12.9. The van der Waals surface area contributed by atoms with Crippen LogP contribution in [-0.4, -0.2) is 36.2 Å². The van der Waals surface area contributed by atoms with Crippen LogP contribution < -0.4 is 4.74 Å². The van der Waals surface area contributed by atoms with Gasteiger partial charge in [-0.25, -0.2) is 14.2 Å². The molecular weight excluding hydrogens is 383 g/mol. The first-order chi connectivity index (χ1) is 13.5. The van der Waals surface area contributed by atoms with Crippen molar-refractivity contribution in [3.63, 3.8) is 0 Å². The van der Waals surface area contributed by atoms with Crippen LogP contribution in [0.25, 0.3) is 0 Å². The zero-order chi connectivity index (χ0) is 20.1. The van der Waals surface area contributed by atoms with Crippen molar-refractivity contribution < 1.29 is 23.5 Å². The predicted octanol–water partition coefficient (Wildman–Crippen LogP) is 3.65. The molecule has 1 amide bonds.